The lowest BCUT2D eigenvalue weighted by Crippen LogP contribution is -2.54. The number of hydrogen-bond acceptors (Lipinski definition) is 2. The Labute approximate surface area is 121 Å². The van der Waals surface area contributed by atoms with Gasteiger partial charge in [-0.1, -0.05) is 12.8 Å². The minimum Gasteiger partial charge on any atom is -0.391 e. The first-order valence-corrected chi connectivity index (χ1v) is 8.69. The van der Waals surface area contributed by atoms with Crippen LogP contribution in [0.25, 0.3) is 0 Å². The zero-order valence-electron chi connectivity index (χ0n) is 12.3. The molecule has 4 bridgehead atoms. The zero-order valence-corrected chi connectivity index (χ0v) is 12.3. The molecule has 0 unspecified atom stereocenters. The monoisotopic (exact) mass is 277 g/mol. The number of aliphatic hydroxyl groups is 1. The lowest BCUT2D eigenvalue weighted by atomic mass is 9.51. The molecule has 20 heavy (non-hydrogen) atoms. The smallest absolute Gasteiger partial charge is 0.223 e. The molecular weight excluding hydrogens is 250 g/mol. The molecule has 0 aromatic rings. The SMILES string of the molecule is O=C(N[C@H]1CCCC[C@@H]1O)C1C2CC3CC(C2)CC1C3. The van der Waals surface area contributed by atoms with Crippen molar-refractivity contribution in [3.8, 4) is 0 Å². The summed E-state index contributed by atoms with van der Waals surface area (Å²) in [6.45, 7) is 0. The van der Waals surface area contributed by atoms with Crippen molar-refractivity contribution < 1.29 is 9.90 Å². The van der Waals surface area contributed by atoms with Gasteiger partial charge < -0.3 is 10.4 Å². The summed E-state index contributed by atoms with van der Waals surface area (Å²) in [6, 6.07) is 0.0217. The molecule has 0 radical (unpaired) electrons. The van der Waals surface area contributed by atoms with Crippen LogP contribution in [0.4, 0.5) is 0 Å². The highest BCUT2D eigenvalue weighted by atomic mass is 16.3. The number of carbonyl (C=O) groups excluding carboxylic acids is 1. The second kappa shape index (κ2) is 5.01. The highest BCUT2D eigenvalue weighted by molar-refractivity contribution is 5.80. The largest absolute Gasteiger partial charge is 0.391 e. The van der Waals surface area contributed by atoms with E-state index in [-0.39, 0.29) is 24.0 Å². The van der Waals surface area contributed by atoms with Crippen molar-refractivity contribution >= 4 is 5.91 Å². The van der Waals surface area contributed by atoms with Crippen molar-refractivity contribution in [1.29, 1.82) is 0 Å². The molecule has 1 amide bonds. The second-order valence-electron chi connectivity index (χ2n) is 7.92. The predicted octanol–water partition coefficient (Wildman–Crippen LogP) is 2.48. The van der Waals surface area contributed by atoms with Gasteiger partial charge in [0.05, 0.1) is 12.1 Å². The maximum absolute atomic E-state index is 12.7. The normalized spacial score (nSPS) is 50.1. The van der Waals surface area contributed by atoms with Gasteiger partial charge in [0.1, 0.15) is 0 Å². The van der Waals surface area contributed by atoms with Crippen LogP contribution >= 0.6 is 0 Å². The van der Waals surface area contributed by atoms with Crippen LogP contribution in [0.2, 0.25) is 0 Å². The Kier molecular flexibility index (Phi) is 3.29. The van der Waals surface area contributed by atoms with E-state index in [9.17, 15) is 9.90 Å². The molecule has 5 rings (SSSR count). The summed E-state index contributed by atoms with van der Waals surface area (Å²) in [5.74, 6) is 3.66. The van der Waals surface area contributed by atoms with E-state index in [0.717, 1.165) is 37.5 Å². The van der Waals surface area contributed by atoms with E-state index in [1.165, 1.54) is 32.1 Å². The van der Waals surface area contributed by atoms with Crippen molar-refractivity contribution in [2.24, 2.45) is 29.6 Å². The van der Waals surface area contributed by atoms with E-state index in [1.807, 2.05) is 0 Å². The fraction of sp³-hybridized carbons (Fsp3) is 0.941. The van der Waals surface area contributed by atoms with Crippen molar-refractivity contribution in [1.82, 2.24) is 5.32 Å². The van der Waals surface area contributed by atoms with Crippen LogP contribution in [0.3, 0.4) is 0 Å². The molecule has 3 heteroatoms. The maximum Gasteiger partial charge on any atom is 0.223 e. The molecule has 0 saturated heterocycles. The third-order valence-electron chi connectivity index (χ3n) is 6.59. The van der Waals surface area contributed by atoms with Gasteiger partial charge >= 0.3 is 0 Å². The Balaban J connectivity index is 1.43. The maximum atomic E-state index is 12.7. The average Bonchev–Trinajstić information content (AvgIpc) is 2.40. The van der Waals surface area contributed by atoms with Gasteiger partial charge in [-0.3, -0.25) is 4.79 Å². The van der Waals surface area contributed by atoms with Gasteiger partial charge in [0.15, 0.2) is 0 Å². The lowest BCUT2D eigenvalue weighted by Gasteiger charge is -2.53. The molecule has 5 aliphatic rings. The van der Waals surface area contributed by atoms with Crippen LogP contribution < -0.4 is 5.32 Å². The van der Waals surface area contributed by atoms with Crippen molar-refractivity contribution in [3.63, 3.8) is 0 Å². The number of rotatable bonds is 2. The minimum absolute atomic E-state index is 0.0217. The van der Waals surface area contributed by atoms with E-state index in [4.69, 9.17) is 0 Å². The Hall–Kier alpha value is -0.570. The fourth-order valence-electron chi connectivity index (χ4n) is 5.91. The number of nitrogens with one attached hydrogen (secondary N) is 1. The lowest BCUT2D eigenvalue weighted by molar-refractivity contribution is -0.140. The van der Waals surface area contributed by atoms with Crippen LogP contribution in [0, 0.1) is 29.6 Å². The second-order valence-corrected chi connectivity index (χ2v) is 7.92. The van der Waals surface area contributed by atoms with Gasteiger partial charge in [-0.05, 0) is 68.6 Å². The molecule has 5 fully saturated rings. The molecule has 112 valence electrons. The van der Waals surface area contributed by atoms with E-state index < -0.39 is 0 Å². The van der Waals surface area contributed by atoms with Crippen molar-refractivity contribution in [2.45, 2.75) is 69.9 Å². The van der Waals surface area contributed by atoms with E-state index in [2.05, 4.69) is 5.32 Å². The first-order valence-electron chi connectivity index (χ1n) is 8.69. The molecule has 5 saturated carbocycles. The highest BCUT2D eigenvalue weighted by Crippen LogP contribution is 2.56. The van der Waals surface area contributed by atoms with Crippen LogP contribution in [0.15, 0.2) is 0 Å². The quantitative estimate of drug-likeness (QED) is 0.814. The number of amides is 1. The Morgan fingerprint density at radius 2 is 1.50 bits per heavy atom. The summed E-state index contributed by atoms with van der Waals surface area (Å²) >= 11 is 0. The van der Waals surface area contributed by atoms with Gasteiger partial charge in [0, 0.05) is 5.92 Å². The topological polar surface area (TPSA) is 49.3 Å². The van der Waals surface area contributed by atoms with Gasteiger partial charge in [-0.25, -0.2) is 0 Å². The number of hydrogen-bond donors (Lipinski definition) is 2. The first kappa shape index (κ1) is 13.1. The standard InChI is InChI=1S/C17H27NO2/c19-15-4-2-1-3-14(15)18-17(20)16-12-6-10-5-11(8-12)9-13(16)7-10/h10-16,19H,1-9H2,(H,18,20)/t10?,11?,12?,13?,14-,15-,16?/m0/s1. The molecule has 2 atom stereocenters. The van der Waals surface area contributed by atoms with Gasteiger partial charge in [0.25, 0.3) is 0 Å². The van der Waals surface area contributed by atoms with E-state index in [0.29, 0.717) is 11.8 Å². The van der Waals surface area contributed by atoms with Gasteiger partial charge in [-0.2, -0.15) is 0 Å². The first-order chi connectivity index (χ1) is 9.70. The molecule has 0 aliphatic heterocycles. The van der Waals surface area contributed by atoms with Gasteiger partial charge in [0.2, 0.25) is 5.91 Å². The number of carbonyl (C=O) groups is 1. The molecule has 5 aliphatic carbocycles. The molecule has 0 aromatic carbocycles. The third-order valence-corrected chi connectivity index (χ3v) is 6.59. The van der Waals surface area contributed by atoms with Crippen LogP contribution in [0.5, 0.6) is 0 Å². The Bertz CT molecular complexity index is 366. The van der Waals surface area contributed by atoms with Crippen molar-refractivity contribution in [3.05, 3.63) is 0 Å². The van der Waals surface area contributed by atoms with Crippen molar-refractivity contribution in [2.75, 3.05) is 0 Å². The van der Waals surface area contributed by atoms with Crippen LogP contribution in [-0.4, -0.2) is 23.2 Å². The summed E-state index contributed by atoms with van der Waals surface area (Å²) in [5.41, 5.74) is 0. The third kappa shape index (κ3) is 2.18. The van der Waals surface area contributed by atoms with E-state index >= 15 is 0 Å². The molecule has 0 spiro atoms. The average molecular weight is 277 g/mol. The fourth-order valence-corrected chi connectivity index (χ4v) is 5.91. The van der Waals surface area contributed by atoms with Crippen LogP contribution in [-0.2, 0) is 4.79 Å². The number of aliphatic hydroxyl groups excluding tert-OH is 1. The summed E-state index contributed by atoms with van der Waals surface area (Å²) in [4.78, 5) is 12.7. The summed E-state index contributed by atoms with van der Waals surface area (Å²) in [5, 5.41) is 13.3. The highest BCUT2D eigenvalue weighted by Gasteiger charge is 2.51. The molecular formula is C17H27NO2. The Morgan fingerprint density at radius 3 is 2.10 bits per heavy atom. The predicted molar refractivity (Wildman–Crippen MR) is 76.9 cm³/mol. The minimum atomic E-state index is -0.315. The summed E-state index contributed by atoms with van der Waals surface area (Å²) in [7, 11) is 0. The van der Waals surface area contributed by atoms with Gasteiger partial charge in [-0.15, -0.1) is 0 Å². The molecule has 0 aromatic heterocycles. The summed E-state index contributed by atoms with van der Waals surface area (Å²) < 4.78 is 0. The summed E-state index contributed by atoms with van der Waals surface area (Å²) in [6.07, 6.45) is 10.3. The molecule has 0 heterocycles. The molecule has 3 nitrogen and oxygen atoms in total. The zero-order chi connectivity index (χ0) is 13.7. The molecule has 2 N–H and O–H groups in total. The Morgan fingerprint density at radius 1 is 0.900 bits per heavy atom. The van der Waals surface area contributed by atoms with Crippen LogP contribution in [0.1, 0.15) is 57.8 Å². The van der Waals surface area contributed by atoms with E-state index in [1.54, 1.807) is 0 Å².